The highest BCUT2D eigenvalue weighted by Crippen LogP contribution is 2.54. The predicted octanol–water partition coefficient (Wildman–Crippen LogP) is 4.85. The lowest BCUT2D eigenvalue weighted by atomic mass is 9.83. The molecule has 2 fully saturated rings. The Morgan fingerprint density at radius 1 is 1.29 bits per heavy atom. The van der Waals surface area contributed by atoms with E-state index in [1.54, 1.807) is 25.4 Å². The highest BCUT2D eigenvalue weighted by Gasteiger charge is 2.52. The number of fused-ring (bicyclic) bond motifs is 2. The van der Waals surface area contributed by atoms with Crippen LogP contribution < -0.4 is 15.4 Å². The summed E-state index contributed by atoms with van der Waals surface area (Å²) in [6.07, 6.45) is 5.40. The molecule has 1 spiro atoms. The number of hydrogen-bond acceptors (Lipinski definition) is 5. The number of aromatic amines is 1. The van der Waals surface area contributed by atoms with E-state index < -0.39 is 0 Å². The van der Waals surface area contributed by atoms with E-state index in [1.165, 1.54) is 6.07 Å². The van der Waals surface area contributed by atoms with E-state index in [9.17, 15) is 9.18 Å². The minimum absolute atomic E-state index is 0.000420. The molecule has 3 aliphatic rings. The van der Waals surface area contributed by atoms with Gasteiger partial charge in [-0.2, -0.15) is 0 Å². The molecule has 1 aromatic carbocycles. The van der Waals surface area contributed by atoms with Crippen molar-refractivity contribution in [3.63, 3.8) is 0 Å². The van der Waals surface area contributed by atoms with Gasteiger partial charge in [0.1, 0.15) is 18.2 Å². The van der Waals surface area contributed by atoms with Gasteiger partial charge in [0.2, 0.25) is 0 Å². The van der Waals surface area contributed by atoms with E-state index in [0.29, 0.717) is 48.0 Å². The Labute approximate surface area is 203 Å². The number of pyridine rings is 1. The minimum Gasteiger partial charge on any atom is -0.489 e. The summed E-state index contributed by atoms with van der Waals surface area (Å²) in [7, 11) is 0. The van der Waals surface area contributed by atoms with E-state index >= 15 is 0 Å². The van der Waals surface area contributed by atoms with Gasteiger partial charge in [-0.1, -0.05) is 19.9 Å². The summed E-state index contributed by atoms with van der Waals surface area (Å²) in [5, 5.41) is 6.43. The number of nitrogens with one attached hydrogen (secondary N) is 3. The Morgan fingerprint density at radius 2 is 2.11 bits per heavy atom. The van der Waals surface area contributed by atoms with E-state index in [2.05, 4.69) is 34.4 Å². The fourth-order valence-corrected chi connectivity index (χ4v) is 5.01. The van der Waals surface area contributed by atoms with E-state index in [4.69, 9.17) is 9.47 Å². The molecule has 182 valence electrons. The van der Waals surface area contributed by atoms with E-state index in [1.807, 2.05) is 12.1 Å². The molecule has 4 heterocycles. The zero-order valence-electron chi connectivity index (χ0n) is 20.1. The molecule has 1 aliphatic carbocycles. The molecule has 3 N–H and O–H groups in total. The van der Waals surface area contributed by atoms with Crippen LogP contribution in [0.4, 0.5) is 15.8 Å². The zero-order chi connectivity index (χ0) is 24.4. The van der Waals surface area contributed by atoms with Crippen molar-refractivity contribution in [2.75, 3.05) is 25.1 Å². The van der Waals surface area contributed by atoms with Crippen LogP contribution in [0.25, 0.3) is 11.3 Å². The minimum atomic E-state index is -0.305. The first-order valence-corrected chi connectivity index (χ1v) is 12.0. The molecule has 7 nitrogen and oxygen atoms in total. The third-order valence-electron chi connectivity index (χ3n) is 7.70. The van der Waals surface area contributed by atoms with Crippen LogP contribution in [-0.4, -0.2) is 41.7 Å². The fraction of sp³-hybridized carbons (Fsp3) is 0.407. The Balaban J connectivity index is 1.45. The van der Waals surface area contributed by atoms with Crippen molar-refractivity contribution in [3.05, 3.63) is 59.3 Å². The van der Waals surface area contributed by atoms with Crippen LogP contribution in [0.1, 0.15) is 48.3 Å². The third kappa shape index (κ3) is 3.58. The van der Waals surface area contributed by atoms with Gasteiger partial charge in [-0.3, -0.25) is 9.78 Å². The lowest BCUT2D eigenvalue weighted by Crippen LogP contribution is -2.50. The molecule has 1 unspecified atom stereocenters. The highest BCUT2D eigenvalue weighted by atomic mass is 19.1. The molecule has 3 aromatic rings. The number of amides is 1. The number of hydrogen-bond donors (Lipinski definition) is 3. The van der Waals surface area contributed by atoms with Crippen molar-refractivity contribution in [2.45, 2.75) is 45.1 Å². The molecule has 0 radical (unpaired) electrons. The van der Waals surface area contributed by atoms with Gasteiger partial charge in [0.05, 0.1) is 35.9 Å². The molecule has 6 rings (SSSR count). The number of halogens is 1. The number of nitrogens with zero attached hydrogens (tertiary/aromatic N) is 1. The number of benzene rings is 1. The first-order valence-electron chi connectivity index (χ1n) is 12.0. The average molecular weight is 477 g/mol. The Morgan fingerprint density at radius 3 is 2.83 bits per heavy atom. The first kappa shape index (κ1) is 22.1. The number of anilines is 2. The molecule has 1 amide bonds. The predicted molar refractivity (Wildman–Crippen MR) is 131 cm³/mol. The van der Waals surface area contributed by atoms with Gasteiger partial charge in [-0.25, -0.2) is 4.39 Å². The van der Waals surface area contributed by atoms with Crippen molar-refractivity contribution in [1.29, 1.82) is 0 Å². The molecule has 0 bridgehead atoms. The summed E-state index contributed by atoms with van der Waals surface area (Å²) in [4.78, 5) is 21.0. The maximum atomic E-state index is 14.4. The second-order valence-corrected chi connectivity index (χ2v) is 10.6. The smallest absolute Gasteiger partial charge is 0.255 e. The molecule has 2 aromatic heterocycles. The van der Waals surface area contributed by atoms with Gasteiger partial charge in [0.15, 0.2) is 0 Å². The summed E-state index contributed by atoms with van der Waals surface area (Å²) in [5.74, 6) is 0.152. The number of carbonyl (C=O) groups excluding carboxylic acids is 1. The number of carbonyl (C=O) groups is 1. The summed E-state index contributed by atoms with van der Waals surface area (Å²) in [5.41, 5.74) is 4.73. The topological polar surface area (TPSA) is 88.3 Å². The Bertz CT molecular complexity index is 1330. The van der Waals surface area contributed by atoms with Crippen LogP contribution in [0.5, 0.6) is 5.75 Å². The van der Waals surface area contributed by atoms with Crippen molar-refractivity contribution < 1.29 is 18.7 Å². The standard InChI is InChI=1S/C27H29FN4O3/c1-15-17(28)5-4-6-18(15)31-23-21-24(27(8-9-27)13-30-25(21)33)32-22(23)16-7-10-29-11-19(16)34-12-20-26(2,3)14-35-20/h4-7,10-11,20,31-32H,8-9,12-14H2,1-3H3,(H,30,33). The SMILES string of the molecule is Cc1c(F)cccc1Nc1c(-c2ccncc2OCC2OCC2(C)C)[nH]c2c1C(=O)NCC21CC1. The quantitative estimate of drug-likeness (QED) is 0.474. The van der Waals surface area contributed by atoms with Gasteiger partial charge >= 0.3 is 0 Å². The van der Waals surface area contributed by atoms with E-state index in [-0.39, 0.29) is 28.7 Å². The maximum absolute atomic E-state index is 14.4. The molecular formula is C27H29FN4O3. The van der Waals surface area contributed by atoms with Crippen LogP contribution in [-0.2, 0) is 10.2 Å². The van der Waals surface area contributed by atoms with Crippen LogP contribution in [0.2, 0.25) is 0 Å². The summed E-state index contributed by atoms with van der Waals surface area (Å²) < 4.78 is 26.3. The van der Waals surface area contributed by atoms with Crippen LogP contribution in [0.3, 0.4) is 0 Å². The van der Waals surface area contributed by atoms with Crippen LogP contribution >= 0.6 is 0 Å². The molecule has 8 heteroatoms. The van der Waals surface area contributed by atoms with Crippen molar-refractivity contribution in [2.24, 2.45) is 5.41 Å². The van der Waals surface area contributed by atoms with Crippen molar-refractivity contribution in [1.82, 2.24) is 15.3 Å². The molecule has 1 atom stereocenters. The largest absolute Gasteiger partial charge is 0.489 e. The van der Waals surface area contributed by atoms with Crippen LogP contribution in [0.15, 0.2) is 36.7 Å². The summed E-state index contributed by atoms with van der Waals surface area (Å²) in [6, 6.07) is 6.78. The average Bonchev–Trinajstić information content (AvgIpc) is 3.52. The summed E-state index contributed by atoms with van der Waals surface area (Å²) in [6.45, 7) is 7.77. The zero-order valence-corrected chi connectivity index (χ0v) is 20.1. The van der Waals surface area contributed by atoms with Crippen molar-refractivity contribution >= 4 is 17.3 Å². The number of aromatic nitrogens is 2. The van der Waals surface area contributed by atoms with Gasteiger partial charge in [-0.15, -0.1) is 0 Å². The Kier molecular flexibility index (Phi) is 4.93. The number of ether oxygens (including phenoxy) is 2. The van der Waals surface area contributed by atoms with Gasteiger partial charge in [0, 0.05) is 46.1 Å². The third-order valence-corrected chi connectivity index (χ3v) is 7.70. The maximum Gasteiger partial charge on any atom is 0.255 e. The fourth-order valence-electron chi connectivity index (χ4n) is 5.01. The highest BCUT2D eigenvalue weighted by molar-refractivity contribution is 6.07. The monoisotopic (exact) mass is 476 g/mol. The van der Waals surface area contributed by atoms with Gasteiger partial charge < -0.3 is 25.1 Å². The number of H-pyrrole nitrogens is 1. The van der Waals surface area contributed by atoms with Crippen LogP contribution in [0, 0.1) is 18.2 Å². The van der Waals surface area contributed by atoms with E-state index in [0.717, 1.165) is 29.8 Å². The van der Waals surface area contributed by atoms with Crippen molar-refractivity contribution in [3.8, 4) is 17.0 Å². The molecule has 1 saturated carbocycles. The Hall–Kier alpha value is -3.39. The molecule has 35 heavy (non-hydrogen) atoms. The second-order valence-electron chi connectivity index (χ2n) is 10.6. The van der Waals surface area contributed by atoms with Gasteiger partial charge in [0.25, 0.3) is 5.91 Å². The summed E-state index contributed by atoms with van der Waals surface area (Å²) >= 11 is 0. The molecule has 1 saturated heterocycles. The second kappa shape index (κ2) is 7.81. The first-order chi connectivity index (χ1) is 16.8. The molecular weight excluding hydrogens is 447 g/mol. The lowest BCUT2D eigenvalue weighted by Gasteiger charge is -2.43. The normalized spacial score (nSPS) is 21.1. The number of rotatable bonds is 6. The lowest BCUT2D eigenvalue weighted by molar-refractivity contribution is -0.180. The molecule has 2 aliphatic heterocycles. The van der Waals surface area contributed by atoms with Gasteiger partial charge in [-0.05, 0) is 38.0 Å².